The first-order chi connectivity index (χ1) is 14.4. The monoisotopic (exact) mass is 412 g/mol. The van der Waals surface area contributed by atoms with E-state index in [1.165, 1.54) is 31.3 Å². The topological polar surface area (TPSA) is 140 Å². The largest absolute Gasteiger partial charge is 0.452 e. The van der Waals surface area contributed by atoms with Crippen LogP contribution in [-0.4, -0.2) is 42.4 Å². The standard InChI is InChI=1S/C20H20N4O6/c1-21-19(26)12-2-5-15(6-3-12)23-18(25)11-30-20(27)13-4-9-16(22-14-7-8-14)17(10-13)24(28)29/h2-6,9-10,14,22H,7-8,11H2,1H3,(H,21,26)(H,23,25). The van der Waals surface area contributed by atoms with Gasteiger partial charge in [-0.25, -0.2) is 4.79 Å². The highest BCUT2D eigenvalue weighted by molar-refractivity contribution is 5.97. The number of nitrogens with zero attached hydrogens (tertiary/aromatic N) is 1. The summed E-state index contributed by atoms with van der Waals surface area (Å²) in [6, 6.07) is 10.4. The van der Waals surface area contributed by atoms with Crippen LogP contribution in [0, 0.1) is 10.1 Å². The van der Waals surface area contributed by atoms with Crippen LogP contribution in [0.5, 0.6) is 0 Å². The Bertz CT molecular complexity index is 985. The van der Waals surface area contributed by atoms with Gasteiger partial charge in [0.2, 0.25) is 0 Å². The zero-order valence-electron chi connectivity index (χ0n) is 16.1. The van der Waals surface area contributed by atoms with E-state index in [2.05, 4.69) is 16.0 Å². The van der Waals surface area contributed by atoms with Gasteiger partial charge in [-0.15, -0.1) is 0 Å². The molecule has 1 fully saturated rings. The lowest BCUT2D eigenvalue weighted by molar-refractivity contribution is -0.384. The second-order valence-corrected chi connectivity index (χ2v) is 6.69. The van der Waals surface area contributed by atoms with E-state index >= 15 is 0 Å². The van der Waals surface area contributed by atoms with E-state index in [0.29, 0.717) is 16.9 Å². The Kier molecular flexibility index (Phi) is 6.26. The number of esters is 1. The van der Waals surface area contributed by atoms with Crippen LogP contribution in [0.25, 0.3) is 0 Å². The van der Waals surface area contributed by atoms with Gasteiger partial charge in [-0.3, -0.25) is 19.7 Å². The first-order valence-corrected chi connectivity index (χ1v) is 9.21. The quantitative estimate of drug-likeness (QED) is 0.343. The number of ether oxygens (including phenoxy) is 1. The van der Waals surface area contributed by atoms with Gasteiger partial charge >= 0.3 is 5.97 Å². The summed E-state index contributed by atoms with van der Waals surface area (Å²) in [6.45, 7) is -0.564. The maximum Gasteiger partial charge on any atom is 0.338 e. The van der Waals surface area contributed by atoms with Gasteiger partial charge in [0, 0.05) is 30.4 Å². The first-order valence-electron chi connectivity index (χ1n) is 9.21. The maximum atomic E-state index is 12.2. The van der Waals surface area contributed by atoms with Crippen LogP contribution in [0.15, 0.2) is 42.5 Å². The van der Waals surface area contributed by atoms with E-state index in [9.17, 15) is 24.5 Å². The van der Waals surface area contributed by atoms with Crippen molar-refractivity contribution in [2.45, 2.75) is 18.9 Å². The Labute approximate surface area is 171 Å². The van der Waals surface area contributed by atoms with Gasteiger partial charge in [0.25, 0.3) is 17.5 Å². The molecule has 2 aromatic carbocycles. The number of nitro benzene ring substituents is 1. The Morgan fingerprint density at radius 3 is 2.37 bits per heavy atom. The van der Waals surface area contributed by atoms with Gasteiger partial charge in [0.05, 0.1) is 10.5 Å². The number of carbonyl (C=O) groups is 3. The molecule has 0 aliphatic heterocycles. The molecule has 0 saturated heterocycles. The number of carbonyl (C=O) groups excluding carboxylic acids is 3. The summed E-state index contributed by atoms with van der Waals surface area (Å²) in [7, 11) is 1.51. The molecule has 0 heterocycles. The Hall–Kier alpha value is -3.95. The van der Waals surface area contributed by atoms with Crippen LogP contribution in [-0.2, 0) is 9.53 Å². The number of amides is 2. The summed E-state index contributed by atoms with van der Waals surface area (Å²) in [5, 5.41) is 19.3. The molecule has 1 saturated carbocycles. The summed E-state index contributed by atoms with van der Waals surface area (Å²) < 4.78 is 4.95. The van der Waals surface area contributed by atoms with Gasteiger partial charge in [0.15, 0.2) is 6.61 Å². The second kappa shape index (κ2) is 9.03. The minimum Gasteiger partial charge on any atom is -0.452 e. The molecule has 30 heavy (non-hydrogen) atoms. The summed E-state index contributed by atoms with van der Waals surface area (Å²) in [6.07, 6.45) is 1.90. The predicted molar refractivity (Wildman–Crippen MR) is 108 cm³/mol. The van der Waals surface area contributed by atoms with Gasteiger partial charge < -0.3 is 20.7 Å². The third-order valence-corrected chi connectivity index (χ3v) is 4.36. The van der Waals surface area contributed by atoms with E-state index in [0.717, 1.165) is 18.9 Å². The number of anilines is 2. The lowest BCUT2D eigenvalue weighted by Crippen LogP contribution is -2.21. The van der Waals surface area contributed by atoms with E-state index in [4.69, 9.17) is 4.74 Å². The number of rotatable bonds is 8. The third-order valence-electron chi connectivity index (χ3n) is 4.36. The average Bonchev–Trinajstić information content (AvgIpc) is 3.56. The molecule has 1 aliphatic rings. The normalized spacial score (nSPS) is 12.6. The smallest absolute Gasteiger partial charge is 0.338 e. The fraction of sp³-hybridized carbons (Fsp3) is 0.250. The number of hydrogen-bond donors (Lipinski definition) is 3. The van der Waals surface area contributed by atoms with Crippen molar-refractivity contribution in [2.24, 2.45) is 0 Å². The molecule has 0 aromatic heterocycles. The van der Waals surface area contributed by atoms with Gasteiger partial charge in [0.1, 0.15) is 5.69 Å². The predicted octanol–water partition coefficient (Wildman–Crippen LogP) is 2.32. The van der Waals surface area contributed by atoms with E-state index < -0.39 is 23.4 Å². The Balaban J connectivity index is 1.56. The number of benzene rings is 2. The SMILES string of the molecule is CNC(=O)c1ccc(NC(=O)COC(=O)c2ccc(NC3CC3)c([N+](=O)[O-])c2)cc1. The van der Waals surface area contributed by atoms with Crippen molar-refractivity contribution in [1.29, 1.82) is 0 Å². The zero-order valence-corrected chi connectivity index (χ0v) is 16.1. The molecule has 10 nitrogen and oxygen atoms in total. The molecule has 0 unspecified atom stereocenters. The minimum absolute atomic E-state index is 0.0224. The van der Waals surface area contributed by atoms with Crippen molar-refractivity contribution in [3.05, 3.63) is 63.7 Å². The molecule has 0 spiro atoms. The number of nitrogens with one attached hydrogen (secondary N) is 3. The van der Waals surface area contributed by atoms with E-state index in [1.807, 2.05) is 0 Å². The minimum atomic E-state index is -0.846. The van der Waals surface area contributed by atoms with Crippen molar-refractivity contribution in [3.63, 3.8) is 0 Å². The Morgan fingerprint density at radius 2 is 1.77 bits per heavy atom. The fourth-order valence-electron chi connectivity index (χ4n) is 2.64. The van der Waals surface area contributed by atoms with Crippen molar-refractivity contribution in [1.82, 2.24) is 5.32 Å². The molecule has 2 amide bonds. The van der Waals surface area contributed by atoms with Crippen LogP contribution in [0.2, 0.25) is 0 Å². The van der Waals surface area contributed by atoms with Crippen LogP contribution in [0.1, 0.15) is 33.6 Å². The van der Waals surface area contributed by atoms with Crippen molar-refractivity contribution < 1.29 is 24.0 Å². The van der Waals surface area contributed by atoms with Crippen LogP contribution in [0.4, 0.5) is 17.1 Å². The molecule has 3 rings (SSSR count). The molecule has 0 atom stereocenters. The van der Waals surface area contributed by atoms with E-state index in [1.54, 1.807) is 12.1 Å². The molecular formula is C20H20N4O6. The van der Waals surface area contributed by atoms with Crippen LogP contribution >= 0.6 is 0 Å². The maximum absolute atomic E-state index is 12.2. The molecular weight excluding hydrogens is 392 g/mol. The summed E-state index contributed by atoms with van der Waals surface area (Å²) >= 11 is 0. The summed E-state index contributed by atoms with van der Waals surface area (Å²) in [5.74, 6) is -1.69. The second-order valence-electron chi connectivity index (χ2n) is 6.69. The molecule has 0 radical (unpaired) electrons. The highest BCUT2D eigenvalue weighted by atomic mass is 16.6. The van der Waals surface area contributed by atoms with Gasteiger partial charge in [-0.2, -0.15) is 0 Å². The van der Waals surface area contributed by atoms with Crippen LogP contribution in [0.3, 0.4) is 0 Å². The third kappa shape index (κ3) is 5.31. The van der Waals surface area contributed by atoms with Crippen molar-refractivity contribution in [3.8, 4) is 0 Å². The van der Waals surface area contributed by atoms with Crippen LogP contribution < -0.4 is 16.0 Å². The lowest BCUT2D eigenvalue weighted by Gasteiger charge is -2.09. The molecule has 0 bridgehead atoms. The highest BCUT2D eigenvalue weighted by Gasteiger charge is 2.26. The van der Waals surface area contributed by atoms with Crippen molar-refractivity contribution >= 4 is 34.8 Å². The molecule has 10 heteroatoms. The fourth-order valence-corrected chi connectivity index (χ4v) is 2.64. The Morgan fingerprint density at radius 1 is 1.10 bits per heavy atom. The van der Waals surface area contributed by atoms with Gasteiger partial charge in [-0.1, -0.05) is 0 Å². The number of nitro groups is 1. The first kappa shape index (κ1) is 20.8. The molecule has 3 N–H and O–H groups in total. The lowest BCUT2D eigenvalue weighted by atomic mass is 10.1. The van der Waals surface area contributed by atoms with E-state index in [-0.39, 0.29) is 23.2 Å². The summed E-state index contributed by atoms with van der Waals surface area (Å²) in [4.78, 5) is 46.4. The highest BCUT2D eigenvalue weighted by Crippen LogP contribution is 2.31. The van der Waals surface area contributed by atoms with Crippen molar-refractivity contribution in [2.75, 3.05) is 24.3 Å². The average molecular weight is 412 g/mol. The van der Waals surface area contributed by atoms with Gasteiger partial charge in [-0.05, 0) is 49.2 Å². The molecule has 2 aromatic rings. The summed E-state index contributed by atoms with van der Waals surface area (Å²) in [5.41, 5.74) is 0.956. The number of hydrogen-bond acceptors (Lipinski definition) is 7. The molecule has 1 aliphatic carbocycles. The zero-order chi connectivity index (χ0) is 21.7. The molecule has 156 valence electrons.